The maximum absolute atomic E-state index is 2.83. The second-order valence-electron chi connectivity index (χ2n) is 16.7. The first-order valence-electron chi connectivity index (χ1n) is 16.0. The van der Waals surface area contributed by atoms with E-state index in [0.717, 1.165) is 11.8 Å². The van der Waals surface area contributed by atoms with Crippen LogP contribution in [0.1, 0.15) is 114 Å². The molecule has 3 aliphatic rings. The fourth-order valence-corrected chi connectivity index (χ4v) is 7.44. The molecule has 0 aromatic carbocycles. The number of hydrogen-bond acceptors (Lipinski definition) is 4. The Bertz CT molecular complexity index is 663. The minimum absolute atomic E-state index is 0.315. The fourth-order valence-electron chi connectivity index (χ4n) is 7.44. The predicted molar refractivity (Wildman–Crippen MR) is 162 cm³/mol. The number of rotatable bonds is 11. The van der Waals surface area contributed by atoms with E-state index in [1.165, 1.54) is 110 Å². The van der Waals surface area contributed by atoms with Gasteiger partial charge in [-0.3, -0.25) is 9.80 Å². The Labute approximate surface area is 232 Å². The molecule has 0 spiro atoms. The van der Waals surface area contributed by atoms with Crippen LogP contribution in [-0.4, -0.2) is 96.1 Å². The van der Waals surface area contributed by atoms with E-state index >= 15 is 0 Å². The first kappa shape index (κ1) is 31.4. The summed E-state index contributed by atoms with van der Waals surface area (Å²) in [4.78, 5) is 10.9. The number of nitrogens with zero attached hydrogens (tertiary/aromatic N) is 4. The van der Waals surface area contributed by atoms with Crippen molar-refractivity contribution in [3.63, 3.8) is 0 Å². The van der Waals surface area contributed by atoms with Gasteiger partial charge in [-0.2, -0.15) is 0 Å². The van der Waals surface area contributed by atoms with E-state index in [-0.39, 0.29) is 0 Å². The second kappa shape index (κ2) is 12.6. The van der Waals surface area contributed by atoms with E-state index in [2.05, 4.69) is 88.8 Å². The van der Waals surface area contributed by atoms with Crippen molar-refractivity contribution >= 4 is 0 Å². The second-order valence-corrected chi connectivity index (χ2v) is 16.7. The van der Waals surface area contributed by atoms with Gasteiger partial charge in [0.05, 0.1) is 0 Å². The molecule has 0 aromatic rings. The molecule has 0 N–H and O–H groups in total. The van der Waals surface area contributed by atoms with Crippen LogP contribution in [-0.2, 0) is 0 Å². The third-order valence-electron chi connectivity index (χ3n) is 10.3. The number of unbranched alkanes of at least 4 members (excludes halogenated alkanes) is 1. The molecule has 0 unspecified atom stereocenters. The van der Waals surface area contributed by atoms with E-state index in [1.54, 1.807) is 0 Å². The normalized spacial score (nSPS) is 23.5. The summed E-state index contributed by atoms with van der Waals surface area (Å²) in [6.45, 7) is 37.2. The van der Waals surface area contributed by atoms with E-state index in [0.29, 0.717) is 21.9 Å². The van der Waals surface area contributed by atoms with Crippen LogP contribution < -0.4 is 0 Å². The molecule has 0 atom stereocenters. The van der Waals surface area contributed by atoms with Crippen molar-refractivity contribution in [2.75, 3.05) is 65.4 Å². The lowest BCUT2D eigenvalue weighted by molar-refractivity contribution is 0.0208. The number of hydrogen-bond donors (Lipinski definition) is 0. The molecule has 3 heterocycles. The highest BCUT2D eigenvalue weighted by molar-refractivity contribution is 4.91. The highest BCUT2D eigenvalue weighted by Gasteiger charge is 2.37. The van der Waals surface area contributed by atoms with E-state index < -0.39 is 0 Å². The van der Waals surface area contributed by atoms with Gasteiger partial charge in [-0.1, -0.05) is 41.0 Å². The van der Waals surface area contributed by atoms with Crippen LogP contribution in [0.15, 0.2) is 0 Å². The standard InChI is InChI=1S/C33H66N4/c1-30(2,3)29-25-35(26-29)17-12-11-16-32(7,8)27-33(9,10)37-19-14-28(15-20-37)13-18-34-21-23-36(24-22-34)31(4,5)6/h28-29H,11-27H2,1-10H3. The molecular weight excluding hydrogens is 452 g/mol. The average Bonchev–Trinajstić information content (AvgIpc) is 2.74. The Morgan fingerprint density at radius 2 is 1.22 bits per heavy atom. The zero-order valence-corrected chi connectivity index (χ0v) is 27.0. The molecule has 218 valence electrons. The third-order valence-corrected chi connectivity index (χ3v) is 10.3. The van der Waals surface area contributed by atoms with E-state index in [1.807, 2.05) is 0 Å². The Kier molecular flexibility index (Phi) is 10.7. The molecule has 3 aliphatic heterocycles. The summed E-state index contributed by atoms with van der Waals surface area (Å²) in [5.41, 5.74) is 1.55. The summed E-state index contributed by atoms with van der Waals surface area (Å²) in [5.74, 6) is 1.83. The Morgan fingerprint density at radius 3 is 1.76 bits per heavy atom. The highest BCUT2D eigenvalue weighted by atomic mass is 15.3. The molecule has 0 amide bonds. The minimum atomic E-state index is 0.315. The van der Waals surface area contributed by atoms with E-state index in [4.69, 9.17) is 0 Å². The van der Waals surface area contributed by atoms with Gasteiger partial charge in [0, 0.05) is 50.3 Å². The summed E-state index contributed by atoms with van der Waals surface area (Å²) >= 11 is 0. The zero-order chi connectivity index (χ0) is 27.5. The summed E-state index contributed by atoms with van der Waals surface area (Å²) in [6, 6.07) is 0. The molecule has 0 saturated carbocycles. The zero-order valence-electron chi connectivity index (χ0n) is 27.0. The molecule has 4 heteroatoms. The number of piperazine rings is 1. The largest absolute Gasteiger partial charge is 0.303 e. The van der Waals surface area contributed by atoms with Gasteiger partial charge in [0.1, 0.15) is 0 Å². The Hall–Kier alpha value is -0.160. The lowest BCUT2D eigenvalue weighted by atomic mass is 9.75. The SMILES string of the molecule is CC(C)(CCCCN1CC(C(C)(C)C)C1)CC(C)(C)N1CCC(CCN2CCN(C(C)(C)C)CC2)CC1. The predicted octanol–water partition coefficient (Wildman–Crippen LogP) is 6.85. The van der Waals surface area contributed by atoms with Crippen LogP contribution in [0.2, 0.25) is 0 Å². The van der Waals surface area contributed by atoms with Gasteiger partial charge in [0.25, 0.3) is 0 Å². The maximum atomic E-state index is 2.83. The van der Waals surface area contributed by atoms with Gasteiger partial charge in [-0.25, -0.2) is 0 Å². The summed E-state index contributed by atoms with van der Waals surface area (Å²) in [7, 11) is 0. The lowest BCUT2D eigenvalue weighted by Crippen LogP contribution is -2.53. The van der Waals surface area contributed by atoms with E-state index in [9.17, 15) is 0 Å². The molecule has 4 nitrogen and oxygen atoms in total. The van der Waals surface area contributed by atoms with Crippen LogP contribution in [0.5, 0.6) is 0 Å². The first-order valence-corrected chi connectivity index (χ1v) is 16.0. The molecule has 3 rings (SSSR count). The first-order chi connectivity index (χ1) is 17.1. The maximum Gasteiger partial charge on any atom is 0.0158 e. The van der Waals surface area contributed by atoms with Crippen molar-refractivity contribution in [1.29, 1.82) is 0 Å². The minimum Gasteiger partial charge on any atom is -0.303 e. The number of likely N-dealkylation sites (tertiary alicyclic amines) is 2. The van der Waals surface area contributed by atoms with Gasteiger partial charge < -0.3 is 9.80 Å². The molecule has 3 saturated heterocycles. The summed E-state index contributed by atoms with van der Waals surface area (Å²) in [5, 5.41) is 0. The van der Waals surface area contributed by atoms with Crippen molar-refractivity contribution in [3.05, 3.63) is 0 Å². The van der Waals surface area contributed by atoms with Crippen molar-refractivity contribution in [1.82, 2.24) is 19.6 Å². The summed E-state index contributed by atoms with van der Waals surface area (Å²) < 4.78 is 0. The monoisotopic (exact) mass is 519 g/mol. The molecule has 3 fully saturated rings. The van der Waals surface area contributed by atoms with Crippen LogP contribution >= 0.6 is 0 Å². The van der Waals surface area contributed by atoms with Crippen LogP contribution in [0.4, 0.5) is 0 Å². The van der Waals surface area contributed by atoms with Crippen molar-refractivity contribution in [3.8, 4) is 0 Å². The van der Waals surface area contributed by atoms with Gasteiger partial charge in [-0.15, -0.1) is 0 Å². The average molecular weight is 519 g/mol. The van der Waals surface area contributed by atoms with Gasteiger partial charge >= 0.3 is 0 Å². The molecular formula is C33H66N4. The third kappa shape index (κ3) is 9.76. The smallest absolute Gasteiger partial charge is 0.0158 e. The van der Waals surface area contributed by atoms with Crippen molar-refractivity contribution < 1.29 is 0 Å². The van der Waals surface area contributed by atoms with Gasteiger partial charge in [-0.05, 0) is 122 Å². The van der Waals surface area contributed by atoms with Crippen molar-refractivity contribution in [2.45, 2.75) is 125 Å². The highest BCUT2D eigenvalue weighted by Crippen LogP contribution is 2.38. The van der Waals surface area contributed by atoms with Crippen LogP contribution in [0.3, 0.4) is 0 Å². The van der Waals surface area contributed by atoms with Crippen molar-refractivity contribution in [2.24, 2.45) is 22.7 Å². The number of piperidine rings is 1. The Morgan fingerprint density at radius 1 is 0.622 bits per heavy atom. The quantitative estimate of drug-likeness (QED) is 0.277. The molecule has 0 aliphatic carbocycles. The van der Waals surface area contributed by atoms with Gasteiger partial charge in [0.2, 0.25) is 0 Å². The van der Waals surface area contributed by atoms with Crippen LogP contribution in [0, 0.1) is 22.7 Å². The molecule has 37 heavy (non-hydrogen) atoms. The van der Waals surface area contributed by atoms with Gasteiger partial charge in [0.15, 0.2) is 0 Å². The molecule has 0 bridgehead atoms. The fraction of sp³-hybridized carbons (Fsp3) is 1.00. The van der Waals surface area contributed by atoms with Crippen LogP contribution in [0.25, 0.3) is 0 Å². The Balaban J connectivity index is 1.29. The molecule has 0 aromatic heterocycles. The molecule has 0 radical (unpaired) electrons. The summed E-state index contributed by atoms with van der Waals surface area (Å²) in [6.07, 6.45) is 9.64. The lowest BCUT2D eigenvalue weighted by Gasteiger charge is -2.47. The topological polar surface area (TPSA) is 13.0 Å².